The van der Waals surface area contributed by atoms with Gasteiger partial charge in [-0.25, -0.2) is 4.72 Å². The van der Waals surface area contributed by atoms with Gasteiger partial charge in [0.05, 0.1) is 0 Å². The first-order chi connectivity index (χ1) is 4.98. The Morgan fingerprint density at radius 2 is 2.09 bits per heavy atom. The fourth-order valence-electron chi connectivity index (χ4n) is 0.895. The molecule has 0 amide bonds. The molecule has 0 rings (SSSR count). The van der Waals surface area contributed by atoms with E-state index in [1.807, 2.05) is 13.8 Å². The van der Waals surface area contributed by atoms with E-state index in [2.05, 4.69) is 11.6 Å². The maximum Gasteiger partial charge on any atom is 0.0239 e. The molecule has 4 heteroatoms. The van der Waals surface area contributed by atoms with E-state index in [1.165, 1.54) is 0 Å². The first-order valence-electron chi connectivity index (χ1n) is 3.85. The van der Waals surface area contributed by atoms with Crippen LogP contribution in [0.3, 0.4) is 0 Å². The largest absolute Gasteiger partial charge is 0.760 e. The van der Waals surface area contributed by atoms with Crippen LogP contribution in [0.1, 0.15) is 40.0 Å². The highest BCUT2D eigenvalue weighted by atomic mass is 32.2. The van der Waals surface area contributed by atoms with Crippen molar-refractivity contribution in [1.29, 1.82) is 0 Å². The van der Waals surface area contributed by atoms with Crippen LogP contribution in [0, 0.1) is 0 Å². The topological polar surface area (TPSA) is 52.2 Å². The molecule has 0 saturated heterocycles. The minimum Gasteiger partial charge on any atom is -0.760 e. The molecule has 0 bridgehead atoms. The van der Waals surface area contributed by atoms with Gasteiger partial charge < -0.3 is 4.55 Å². The van der Waals surface area contributed by atoms with E-state index in [9.17, 15) is 8.76 Å². The van der Waals surface area contributed by atoms with Gasteiger partial charge in [-0.05, 0) is 20.3 Å². The van der Waals surface area contributed by atoms with Crippen molar-refractivity contribution in [2.45, 2.75) is 45.6 Å². The van der Waals surface area contributed by atoms with Crippen molar-refractivity contribution < 1.29 is 8.76 Å². The summed E-state index contributed by atoms with van der Waals surface area (Å²) in [6.07, 6.45) is 3.03. The first kappa shape index (κ1) is 11.1. The summed E-state index contributed by atoms with van der Waals surface area (Å²) in [4.78, 5) is 0. The summed E-state index contributed by atoms with van der Waals surface area (Å²) in [6, 6.07) is 0. The van der Waals surface area contributed by atoms with Crippen LogP contribution in [0.2, 0.25) is 0 Å². The van der Waals surface area contributed by atoms with Crippen molar-refractivity contribution >= 4 is 11.3 Å². The highest BCUT2D eigenvalue weighted by molar-refractivity contribution is 7.77. The zero-order chi connectivity index (χ0) is 8.91. The Bertz CT molecular complexity index is 136. The van der Waals surface area contributed by atoms with Crippen molar-refractivity contribution in [1.82, 2.24) is 4.72 Å². The Morgan fingerprint density at radius 1 is 1.55 bits per heavy atom. The predicted octanol–water partition coefficient (Wildman–Crippen LogP) is 1.34. The lowest BCUT2D eigenvalue weighted by Crippen LogP contribution is -2.40. The lowest BCUT2D eigenvalue weighted by molar-refractivity contribution is 0.398. The Morgan fingerprint density at radius 3 is 2.45 bits per heavy atom. The van der Waals surface area contributed by atoms with Gasteiger partial charge in [-0.2, -0.15) is 0 Å². The Balaban J connectivity index is 3.70. The van der Waals surface area contributed by atoms with E-state index in [4.69, 9.17) is 0 Å². The third-order valence-electron chi connectivity index (χ3n) is 1.51. The maximum atomic E-state index is 10.3. The first-order valence-corrected chi connectivity index (χ1v) is 4.92. The van der Waals surface area contributed by atoms with Crippen LogP contribution < -0.4 is 4.72 Å². The molecular weight excluding hydrogens is 162 g/mol. The second-order valence-electron chi connectivity index (χ2n) is 3.32. The summed E-state index contributed by atoms with van der Waals surface area (Å²) in [5.41, 5.74) is -0.289. The van der Waals surface area contributed by atoms with Crippen LogP contribution >= 0.6 is 0 Å². The zero-order valence-electron chi connectivity index (χ0n) is 7.35. The Hall–Kier alpha value is 0.0700. The minimum atomic E-state index is -2.14. The second kappa shape index (κ2) is 4.85. The molecule has 0 radical (unpaired) electrons. The van der Waals surface area contributed by atoms with Crippen LogP contribution in [-0.2, 0) is 11.3 Å². The zero-order valence-corrected chi connectivity index (χ0v) is 8.16. The minimum absolute atomic E-state index is 0.289. The molecule has 0 spiro atoms. The summed E-state index contributed by atoms with van der Waals surface area (Å²) in [6.45, 7) is 5.86. The van der Waals surface area contributed by atoms with E-state index in [1.54, 1.807) is 0 Å². The van der Waals surface area contributed by atoms with Crippen molar-refractivity contribution in [2.75, 3.05) is 0 Å². The van der Waals surface area contributed by atoms with Crippen LogP contribution in [0.25, 0.3) is 0 Å². The molecule has 11 heavy (non-hydrogen) atoms. The van der Waals surface area contributed by atoms with Crippen LogP contribution in [0.15, 0.2) is 0 Å². The molecule has 0 aliphatic rings. The van der Waals surface area contributed by atoms with Crippen molar-refractivity contribution in [2.24, 2.45) is 0 Å². The lowest BCUT2D eigenvalue weighted by Gasteiger charge is -2.26. The normalized spacial score (nSPS) is 14.9. The molecule has 0 aromatic heterocycles. The molecule has 0 fully saturated rings. The molecular formula is C7H16NO2S-. The van der Waals surface area contributed by atoms with Gasteiger partial charge in [0.15, 0.2) is 0 Å². The third-order valence-corrected chi connectivity index (χ3v) is 2.23. The fourth-order valence-corrected chi connectivity index (χ4v) is 1.45. The molecule has 0 saturated carbocycles. The number of hydrogen-bond donors (Lipinski definition) is 1. The van der Waals surface area contributed by atoms with Crippen molar-refractivity contribution in [3.8, 4) is 0 Å². The molecule has 3 nitrogen and oxygen atoms in total. The molecule has 0 aromatic carbocycles. The number of nitrogens with one attached hydrogen (secondary N) is 1. The molecule has 1 N–H and O–H groups in total. The highest BCUT2D eigenvalue weighted by Crippen LogP contribution is 2.12. The standard InChI is InChI=1S/C7H17NO2S/c1-4-5-6-7(2,3)8-11(9)10/h8H,4-6H2,1-3H3,(H,9,10)/p-1. The Labute approximate surface area is 71.0 Å². The van der Waals surface area contributed by atoms with Crippen molar-refractivity contribution in [3.63, 3.8) is 0 Å². The fraction of sp³-hybridized carbons (Fsp3) is 1.00. The van der Waals surface area contributed by atoms with Crippen LogP contribution in [-0.4, -0.2) is 14.3 Å². The van der Waals surface area contributed by atoms with E-state index < -0.39 is 11.3 Å². The number of rotatable bonds is 5. The summed E-state index contributed by atoms with van der Waals surface area (Å²) in [7, 11) is 0. The maximum absolute atomic E-state index is 10.3. The van der Waals surface area contributed by atoms with E-state index >= 15 is 0 Å². The van der Waals surface area contributed by atoms with Gasteiger partial charge in [0.2, 0.25) is 0 Å². The smallest absolute Gasteiger partial charge is 0.0239 e. The molecule has 1 unspecified atom stereocenters. The highest BCUT2D eigenvalue weighted by Gasteiger charge is 2.15. The predicted molar refractivity (Wildman–Crippen MR) is 45.7 cm³/mol. The summed E-state index contributed by atoms with van der Waals surface area (Å²) >= 11 is -2.14. The van der Waals surface area contributed by atoms with Gasteiger partial charge in [0, 0.05) is 16.8 Å². The average Bonchev–Trinajstić information content (AvgIpc) is 1.81. The monoisotopic (exact) mass is 178 g/mol. The third kappa shape index (κ3) is 6.47. The molecule has 0 aliphatic carbocycles. The summed E-state index contributed by atoms with van der Waals surface area (Å²) in [5, 5.41) is 0. The molecule has 68 valence electrons. The lowest BCUT2D eigenvalue weighted by atomic mass is 9.99. The number of unbranched alkanes of at least 4 members (excludes halogenated alkanes) is 1. The van der Waals surface area contributed by atoms with Gasteiger partial charge in [0.25, 0.3) is 0 Å². The molecule has 0 heterocycles. The molecule has 1 atom stereocenters. The average molecular weight is 178 g/mol. The van der Waals surface area contributed by atoms with Crippen LogP contribution in [0.5, 0.6) is 0 Å². The van der Waals surface area contributed by atoms with Gasteiger partial charge >= 0.3 is 0 Å². The molecule has 0 aliphatic heterocycles. The summed E-state index contributed by atoms with van der Waals surface area (Å²) < 4.78 is 23.0. The second-order valence-corrected chi connectivity index (χ2v) is 4.00. The van der Waals surface area contributed by atoms with Crippen LogP contribution in [0.4, 0.5) is 0 Å². The van der Waals surface area contributed by atoms with E-state index in [0.717, 1.165) is 19.3 Å². The quantitative estimate of drug-likeness (QED) is 0.646. The number of hydrogen-bond acceptors (Lipinski definition) is 2. The molecule has 0 aromatic rings. The van der Waals surface area contributed by atoms with E-state index in [0.29, 0.717) is 0 Å². The summed E-state index contributed by atoms with van der Waals surface area (Å²) in [5.74, 6) is 0. The van der Waals surface area contributed by atoms with Gasteiger partial charge in [0.1, 0.15) is 0 Å². The SMILES string of the molecule is CCCCC(C)(C)NS(=O)[O-]. The van der Waals surface area contributed by atoms with Gasteiger partial charge in [-0.3, -0.25) is 4.21 Å². The van der Waals surface area contributed by atoms with E-state index in [-0.39, 0.29) is 5.54 Å². The Kier molecular flexibility index (Phi) is 4.88. The van der Waals surface area contributed by atoms with Gasteiger partial charge in [-0.15, -0.1) is 0 Å². The van der Waals surface area contributed by atoms with Gasteiger partial charge in [-0.1, -0.05) is 19.8 Å². The van der Waals surface area contributed by atoms with Crippen molar-refractivity contribution in [3.05, 3.63) is 0 Å².